The smallest absolute Gasteiger partial charge is 0.303 e. The molecule has 0 aliphatic rings. The molecule has 0 aliphatic heterocycles. The zero-order valence-electron chi connectivity index (χ0n) is 11.0. The Bertz CT molecular complexity index is 471. The van der Waals surface area contributed by atoms with E-state index in [1.807, 2.05) is 6.92 Å². The molecular weight excluding hydrogens is 312 g/mol. The van der Waals surface area contributed by atoms with Gasteiger partial charge in [0.2, 0.25) is 0 Å². The number of hydrogen-bond donors (Lipinski definition) is 1. The van der Waals surface area contributed by atoms with Gasteiger partial charge in [-0.25, -0.2) is 0 Å². The van der Waals surface area contributed by atoms with Crippen LogP contribution in [0.3, 0.4) is 0 Å². The Morgan fingerprint density at radius 3 is 2.58 bits per heavy atom. The number of rotatable bonds is 7. The molecule has 1 aromatic rings. The molecule has 5 heteroatoms. The van der Waals surface area contributed by atoms with Gasteiger partial charge in [0.25, 0.3) is 0 Å². The van der Waals surface area contributed by atoms with Crippen molar-refractivity contribution in [2.45, 2.75) is 26.7 Å². The number of ether oxygens (including phenoxy) is 1. The van der Waals surface area contributed by atoms with Crippen molar-refractivity contribution in [1.29, 1.82) is 0 Å². The summed E-state index contributed by atoms with van der Waals surface area (Å²) < 4.78 is 6.01. The van der Waals surface area contributed by atoms with Gasteiger partial charge in [-0.2, -0.15) is 0 Å². The summed E-state index contributed by atoms with van der Waals surface area (Å²) in [6.07, 6.45) is 0.221. The fourth-order valence-electron chi connectivity index (χ4n) is 1.78. The summed E-state index contributed by atoms with van der Waals surface area (Å²) in [7, 11) is 0. The van der Waals surface area contributed by atoms with E-state index in [-0.39, 0.29) is 24.5 Å². The van der Waals surface area contributed by atoms with Crippen LogP contribution in [0.2, 0.25) is 0 Å². The molecule has 0 fully saturated rings. The normalized spacial score (nSPS) is 11.9. The Hall–Kier alpha value is -1.36. The summed E-state index contributed by atoms with van der Waals surface area (Å²) in [4.78, 5) is 22.6. The second-order valence-electron chi connectivity index (χ2n) is 4.41. The fourth-order valence-corrected chi connectivity index (χ4v) is 2.35. The lowest BCUT2D eigenvalue weighted by atomic mass is 9.97. The lowest BCUT2D eigenvalue weighted by Gasteiger charge is -2.10. The van der Waals surface area contributed by atoms with E-state index in [0.29, 0.717) is 22.4 Å². The van der Waals surface area contributed by atoms with E-state index in [1.54, 1.807) is 25.1 Å². The van der Waals surface area contributed by atoms with Crippen molar-refractivity contribution in [1.82, 2.24) is 0 Å². The lowest BCUT2D eigenvalue weighted by Crippen LogP contribution is -2.10. The molecule has 0 bridgehead atoms. The van der Waals surface area contributed by atoms with Gasteiger partial charge in [-0.3, -0.25) is 9.59 Å². The van der Waals surface area contributed by atoms with Gasteiger partial charge >= 0.3 is 5.97 Å². The van der Waals surface area contributed by atoms with E-state index in [0.717, 1.165) is 0 Å². The second-order valence-corrected chi connectivity index (χ2v) is 5.26. The molecule has 0 saturated heterocycles. The SMILES string of the molecule is CCOc1ccc(C(=O)CC(C)CC(=O)O)c(Br)c1. The van der Waals surface area contributed by atoms with Gasteiger partial charge in [0, 0.05) is 22.9 Å². The van der Waals surface area contributed by atoms with Gasteiger partial charge in [-0.15, -0.1) is 0 Å². The van der Waals surface area contributed by atoms with Crippen molar-refractivity contribution >= 4 is 27.7 Å². The molecule has 0 radical (unpaired) electrons. The Labute approximate surface area is 120 Å². The summed E-state index contributed by atoms with van der Waals surface area (Å²) in [6, 6.07) is 5.19. The van der Waals surface area contributed by atoms with Gasteiger partial charge in [0.15, 0.2) is 5.78 Å². The number of carboxylic acid groups (broad SMARTS) is 1. The molecule has 19 heavy (non-hydrogen) atoms. The molecule has 0 heterocycles. The minimum atomic E-state index is -0.883. The van der Waals surface area contributed by atoms with Gasteiger partial charge in [-0.1, -0.05) is 6.92 Å². The molecule has 0 aliphatic carbocycles. The molecule has 0 saturated carbocycles. The van der Waals surface area contributed by atoms with Gasteiger partial charge < -0.3 is 9.84 Å². The molecule has 104 valence electrons. The van der Waals surface area contributed by atoms with Crippen LogP contribution in [0.15, 0.2) is 22.7 Å². The van der Waals surface area contributed by atoms with Gasteiger partial charge in [0.1, 0.15) is 5.75 Å². The molecule has 1 rings (SSSR count). The van der Waals surface area contributed by atoms with Crippen molar-refractivity contribution in [3.05, 3.63) is 28.2 Å². The summed E-state index contributed by atoms with van der Waals surface area (Å²) >= 11 is 3.34. The van der Waals surface area contributed by atoms with E-state index in [2.05, 4.69) is 15.9 Å². The molecular formula is C14H17BrO4. The molecule has 4 nitrogen and oxygen atoms in total. The Balaban J connectivity index is 2.74. The predicted molar refractivity (Wildman–Crippen MR) is 75.7 cm³/mol. The lowest BCUT2D eigenvalue weighted by molar-refractivity contribution is -0.137. The topological polar surface area (TPSA) is 63.6 Å². The van der Waals surface area contributed by atoms with E-state index in [4.69, 9.17) is 9.84 Å². The Kier molecular flexibility index (Phi) is 6.02. The van der Waals surface area contributed by atoms with Crippen molar-refractivity contribution < 1.29 is 19.4 Å². The van der Waals surface area contributed by atoms with Crippen LogP contribution in [0.4, 0.5) is 0 Å². The number of halogens is 1. The maximum absolute atomic E-state index is 12.1. The molecule has 0 spiro atoms. The Morgan fingerprint density at radius 2 is 2.05 bits per heavy atom. The minimum absolute atomic E-state index is 0.000385. The first kappa shape index (κ1) is 15.7. The largest absolute Gasteiger partial charge is 0.494 e. The highest BCUT2D eigenvalue weighted by Crippen LogP contribution is 2.25. The number of carbonyl (C=O) groups excluding carboxylic acids is 1. The van der Waals surface area contributed by atoms with Crippen LogP contribution in [0, 0.1) is 5.92 Å². The summed E-state index contributed by atoms with van der Waals surface area (Å²) in [6.45, 7) is 4.21. The monoisotopic (exact) mass is 328 g/mol. The average Bonchev–Trinajstić information content (AvgIpc) is 2.27. The number of carbonyl (C=O) groups is 2. The van der Waals surface area contributed by atoms with Gasteiger partial charge in [-0.05, 0) is 47.0 Å². The Morgan fingerprint density at radius 1 is 1.37 bits per heavy atom. The van der Waals surface area contributed by atoms with Crippen LogP contribution in [0.25, 0.3) is 0 Å². The predicted octanol–water partition coefficient (Wildman–Crippen LogP) is 3.53. The average molecular weight is 329 g/mol. The van der Waals surface area contributed by atoms with Crippen LogP contribution < -0.4 is 4.74 Å². The minimum Gasteiger partial charge on any atom is -0.494 e. The summed E-state index contributed by atoms with van der Waals surface area (Å²) in [5.41, 5.74) is 0.556. The third-order valence-corrected chi connectivity index (χ3v) is 3.26. The first-order valence-corrected chi connectivity index (χ1v) is 6.90. The van der Waals surface area contributed by atoms with Crippen LogP contribution >= 0.6 is 15.9 Å². The van der Waals surface area contributed by atoms with Crippen molar-refractivity contribution in [2.75, 3.05) is 6.61 Å². The zero-order valence-corrected chi connectivity index (χ0v) is 12.6. The molecule has 0 aromatic heterocycles. The highest BCUT2D eigenvalue weighted by Gasteiger charge is 2.16. The van der Waals surface area contributed by atoms with E-state index >= 15 is 0 Å². The number of carboxylic acids is 1. The maximum Gasteiger partial charge on any atom is 0.303 e. The van der Waals surface area contributed by atoms with Crippen LogP contribution in [0.5, 0.6) is 5.75 Å². The first-order chi connectivity index (χ1) is 8.93. The van der Waals surface area contributed by atoms with Crippen molar-refractivity contribution in [3.8, 4) is 5.75 Å². The number of hydrogen-bond acceptors (Lipinski definition) is 3. The summed E-state index contributed by atoms with van der Waals surface area (Å²) in [5.74, 6) is -0.428. The highest BCUT2D eigenvalue weighted by atomic mass is 79.9. The molecule has 1 atom stereocenters. The molecule has 1 aromatic carbocycles. The summed E-state index contributed by atoms with van der Waals surface area (Å²) in [5, 5.41) is 8.68. The molecule has 1 unspecified atom stereocenters. The van der Waals surface area contributed by atoms with Gasteiger partial charge in [0.05, 0.1) is 6.61 Å². The van der Waals surface area contributed by atoms with E-state index < -0.39 is 5.97 Å². The third-order valence-electron chi connectivity index (χ3n) is 2.61. The number of aliphatic carboxylic acids is 1. The third kappa shape index (κ3) is 5.03. The standard InChI is InChI=1S/C14H17BrO4/c1-3-19-10-4-5-11(12(15)8-10)13(16)6-9(2)7-14(17)18/h4-5,8-9H,3,6-7H2,1-2H3,(H,17,18). The van der Waals surface area contributed by atoms with Crippen molar-refractivity contribution in [2.24, 2.45) is 5.92 Å². The second kappa shape index (κ2) is 7.28. The van der Waals surface area contributed by atoms with Crippen LogP contribution in [-0.4, -0.2) is 23.5 Å². The number of ketones is 1. The molecule has 1 N–H and O–H groups in total. The quantitative estimate of drug-likeness (QED) is 0.777. The van der Waals surface area contributed by atoms with E-state index in [9.17, 15) is 9.59 Å². The number of benzene rings is 1. The zero-order chi connectivity index (χ0) is 14.4. The highest BCUT2D eigenvalue weighted by molar-refractivity contribution is 9.10. The maximum atomic E-state index is 12.1. The van der Waals surface area contributed by atoms with Crippen LogP contribution in [0.1, 0.15) is 37.0 Å². The van der Waals surface area contributed by atoms with E-state index in [1.165, 1.54) is 0 Å². The van der Waals surface area contributed by atoms with Crippen molar-refractivity contribution in [3.63, 3.8) is 0 Å². The van der Waals surface area contributed by atoms with Crippen LogP contribution in [-0.2, 0) is 4.79 Å². The first-order valence-electron chi connectivity index (χ1n) is 6.11. The molecule has 0 amide bonds. The fraction of sp³-hybridized carbons (Fsp3) is 0.429. The number of Topliss-reactive ketones (excluding diaryl/α,β-unsaturated/α-hetero) is 1.